The average molecular weight is 260 g/mol. The lowest BCUT2D eigenvalue weighted by atomic mass is 9.85. The molecule has 4 nitrogen and oxygen atoms in total. The minimum atomic E-state index is -0.743. The summed E-state index contributed by atoms with van der Waals surface area (Å²) in [5.41, 5.74) is 10.8. The Hall–Kier alpha value is -0.260. The lowest BCUT2D eigenvalue weighted by molar-refractivity contribution is -0.124. The molecule has 0 bridgehead atoms. The van der Waals surface area contributed by atoms with Crippen molar-refractivity contribution in [2.24, 2.45) is 17.4 Å². The van der Waals surface area contributed by atoms with E-state index in [0.717, 1.165) is 50.2 Å². The maximum Gasteiger partial charge on any atom is 0.237 e. The van der Waals surface area contributed by atoms with Crippen molar-refractivity contribution in [2.45, 2.75) is 37.6 Å². The van der Waals surface area contributed by atoms with Crippen LogP contribution in [0, 0.1) is 5.92 Å². The third-order valence-corrected chi connectivity index (χ3v) is 4.68. The Kier molecular flexibility index (Phi) is 6.30. The van der Waals surface area contributed by atoms with Gasteiger partial charge in [-0.05, 0) is 43.1 Å². The third-order valence-electron chi connectivity index (χ3n) is 3.58. The fourth-order valence-electron chi connectivity index (χ4n) is 2.46. The molecular weight excluding hydrogens is 236 g/mol. The number of thioether (sulfide) groups is 1. The first-order valence-electron chi connectivity index (χ1n) is 6.26. The Bertz CT molecular complexity index is 251. The van der Waals surface area contributed by atoms with E-state index in [-0.39, 0.29) is 11.8 Å². The van der Waals surface area contributed by atoms with Crippen LogP contribution >= 0.6 is 11.8 Å². The Labute approximate surface area is 108 Å². The molecule has 4 N–H and O–H groups in total. The van der Waals surface area contributed by atoms with Gasteiger partial charge in [0.2, 0.25) is 5.91 Å². The van der Waals surface area contributed by atoms with Crippen molar-refractivity contribution < 1.29 is 9.53 Å². The predicted octanol–water partition coefficient (Wildman–Crippen LogP) is 1.13. The SMILES string of the molecule is COCCCSCCC1CCCC1(N)C(N)=O. The second kappa shape index (κ2) is 7.24. The predicted molar refractivity (Wildman–Crippen MR) is 71.9 cm³/mol. The molecule has 2 atom stereocenters. The number of carbonyl (C=O) groups excluding carboxylic acids is 1. The van der Waals surface area contributed by atoms with Crippen LogP contribution in [0.25, 0.3) is 0 Å². The molecule has 0 aromatic carbocycles. The van der Waals surface area contributed by atoms with Crippen molar-refractivity contribution in [1.29, 1.82) is 0 Å². The first kappa shape index (κ1) is 14.8. The molecule has 0 saturated heterocycles. The normalized spacial score (nSPS) is 28.5. The van der Waals surface area contributed by atoms with Crippen molar-refractivity contribution in [2.75, 3.05) is 25.2 Å². The van der Waals surface area contributed by atoms with E-state index in [4.69, 9.17) is 16.2 Å². The summed E-state index contributed by atoms with van der Waals surface area (Å²) < 4.78 is 4.99. The lowest BCUT2D eigenvalue weighted by Gasteiger charge is -2.27. The molecule has 0 aromatic rings. The van der Waals surface area contributed by atoms with Crippen LogP contribution in [-0.4, -0.2) is 36.7 Å². The van der Waals surface area contributed by atoms with Crippen LogP contribution in [0.5, 0.6) is 0 Å². The summed E-state index contributed by atoms with van der Waals surface area (Å²) in [5.74, 6) is 2.11. The minimum Gasteiger partial charge on any atom is -0.385 e. The standard InChI is InChI=1S/C12H24N2O2S/c1-16-7-3-8-17-9-5-10-4-2-6-12(10,14)11(13)15/h10H,2-9,14H2,1H3,(H2,13,15). The lowest BCUT2D eigenvalue weighted by Crippen LogP contribution is -2.54. The maximum atomic E-state index is 11.4. The fraction of sp³-hybridized carbons (Fsp3) is 0.917. The summed E-state index contributed by atoms with van der Waals surface area (Å²) in [6.45, 7) is 0.818. The smallest absolute Gasteiger partial charge is 0.237 e. The Balaban J connectivity index is 2.20. The molecule has 0 aromatic heterocycles. The van der Waals surface area contributed by atoms with Crippen LogP contribution in [0.2, 0.25) is 0 Å². The zero-order valence-corrected chi connectivity index (χ0v) is 11.4. The summed E-state index contributed by atoms with van der Waals surface area (Å²) in [6.07, 6.45) is 4.89. The number of hydrogen-bond acceptors (Lipinski definition) is 4. The van der Waals surface area contributed by atoms with Crippen LogP contribution in [0.15, 0.2) is 0 Å². The highest BCUT2D eigenvalue weighted by Crippen LogP contribution is 2.36. The number of rotatable bonds is 8. The van der Waals surface area contributed by atoms with Crippen LogP contribution in [0.1, 0.15) is 32.1 Å². The Morgan fingerprint density at radius 1 is 1.53 bits per heavy atom. The van der Waals surface area contributed by atoms with E-state index in [1.54, 1.807) is 7.11 Å². The summed E-state index contributed by atoms with van der Waals surface area (Å²) in [4.78, 5) is 11.4. The summed E-state index contributed by atoms with van der Waals surface area (Å²) in [6, 6.07) is 0. The van der Waals surface area contributed by atoms with Gasteiger partial charge >= 0.3 is 0 Å². The molecule has 1 saturated carbocycles. The second-order valence-electron chi connectivity index (χ2n) is 4.74. The van der Waals surface area contributed by atoms with Gasteiger partial charge in [-0.25, -0.2) is 0 Å². The summed E-state index contributed by atoms with van der Waals surface area (Å²) in [5, 5.41) is 0. The molecule has 1 rings (SSSR count). The molecule has 1 aliphatic rings. The van der Waals surface area contributed by atoms with E-state index in [1.807, 2.05) is 11.8 Å². The van der Waals surface area contributed by atoms with E-state index in [9.17, 15) is 4.79 Å². The topological polar surface area (TPSA) is 78.3 Å². The number of hydrogen-bond donors (Lipinski definition) is 2. The van der Waals surface area contributed by atoms with Crippen molar-refractivity contribution in [3.05, 3.63) is 0 Å². The zero-order chi connectivity index (χ0) is 12.7. The molecule has 0 radical (unpaired) electrons. The van der Waals surface area contributed by atoms with Crippen molar-refractivity contribution in [3.8, 4) is 0 Å². The number of ether oxygens (including phenoxy) is 1. The Morgan fingerprint density at radius 3 is 2.94 bits per heavy atom. The molecule has 1 fully saturated rings. The van der Waals surface area contributed by atoms with Crippen LogP contribution in [0.3, 0.4) is 0 Å². The Morgan fingerprint density at radius 2 is 2.29 bits per heavy atom. The second-order valence-corrected chi connectivity index (χ2v) is 5.97. The van der Waals surface area contributed by atoms with Gasteiger partial charge in [0, 0.05) is 13.7 Å². The van der Waals surface area contributed by atoms with Gasteiger partial charge in [-0.3, -0.25) is 4.79 Å². The van der Waals surface area contributed by atoms with Gasteiger partial charge in [0.15, 0.2) is 0 Å². The molecule has 1 aliphatic carbocycles. The molecular formula is C12H24N2O2S. The fourth-order valence-corrected chi connectivity index (χ4v) is 3.44. The largest absolute Gasteiger partial charge is 0.385 e. The van der Waals surface area contributed by atoms with Crippen molar-refractivity contribution in [1.82, 2.24) is 0 Å². The number of nitrogens with two attached hydrogens (primary N) is 2. The molecule has 0 spiro atoms. The molecule has 0 heterocycles. The number of carbonyl (C=O) groups is 1. The molecule has 5 heteroatoms. The van der Waals surface area contributed by atoms with Gasteiger partial charge in [-0.15, -0.1) is 0 Å². The van der Waals surface area contributed by atoms with Gasteiger partial charge in [-0.1, -0.05) is 6.42 Å². The zero-order valence-electron chi connectivity index (χ0n) is 10.6. The molecule has 1 amide bonds. The highest BCUT2D eigenvalue weighted by molar-refractivity contribution is 7.99. The van der Waals surface area contributed by atoms with Crippen LogP contribution < -0.4 is 11.5 Å². The third kappa shape index (κ3) is 4.16. The molecule has 0 aliphatic heterocycles. The maximum absolute atomic E-state index is 11.4. The quantitative estimate of drug-likeness (QED) is 0.641. The van der Waals surface area contributed by atoms with Gasteiger partial charge in [-0.2, -0.15) is 11.8 Å². The van der Waals surface area contributed by atoms with Gasteiger partial charge in [0.1, 0.15) is 0 Å². The van der Waals surface area contributed by atoms with Gasteiger partial charge in [0.05, 0.1) is 5.54 Å². The molecule has 100 valence electrons. The van der Waals surface area contributed by atoms with E-state index < -0.39 is 5.54 Å². The number of primary amides is 1. The van der Waals surface area contributed by atoms with Crippen LogP contribution in [0.4, 0.5) is 0 Å². The van der Waals surface area contributed by atoms with E-state index in [1.165, 1.54) is 0 Å². The number of methoxy groups -OCH3 is 1. The van der Waals surface area contributed by atoms with E-state index >= 15 is 0 Å². The van der Waals surface area contributed by atoms with E-state index in [2.05, 4.69) is 0 Å². The summed E-state index contributed by atoms with van der Waals surface area (Å²) >= 11 is 1.90. The number of amides is 1. The molecule has 17 heavy (non-hydrogen) atoms. The average Bonchev–Trinajstić information content (AvgIpc) is 2.67. The van der Waals surface area contributed by atoms with Crippen LogP contribution in [-0.2, 0) is 9.53 Å². The van der Waals surface area contributed by atoms with Gasteiger partial charge < -0.3 is 16.2 Å². The monoisotopic (exact) mass is 260 g/mol. The van der Waals surface area contributed by atoms with E-state index in [0.29, 0.717) is 0 Å². The highest BCUT2D eigenvalue weighted by atomic mass is 32.2. The summed E-state index contributed by atoms with van der Waals surface area (Å²) in [7, 11) is 1.72. The van der Waals surface area contributed by atoms with Gasteiger partial charge in [0.25, 0.3) is 0 Å². The molecule has 2 unspecified atom stereocenters. The minimum absolute atomic E-state index is 0.273. The van der Waals surface area contributed by atoms with Crippen molar-refractivity contribution >= 4 is 17.7 Å². The van der Waals surface area contributed by atoms with Crippen molar-refractivity contribution in [3.63, 3.8) is 0 Å². The highest BCUT2D eigenvalue weighted by Gasteiger charge is 2.43. The first-order valence-corrected chi connectivity index (χ1v) is 7.42. The first-order chi connectivity index (χ1) is 8.11.